The average Bonchev–Trinajstić information content (AvgIpc) is 2.32. The molecule has 1 heterocycles. The van der Waals surface area contributed by atoms with Gasteiger partial charge in [-0.05, 0) is 19.8 Å². The Morgan fingerprint density at radius 3 is 2.53 bits per heavy atom. The van der Waals surface area contributed by atoms with Crippen molar-refractivity contribution in [1.82, 2.24) is 10.2 Å². The van der Waals surface area contributed by atoms with Crippen LogP contribution in [0.1, 0.15) is 40.0 Å². The van der Waals surface area contributed by atoms with Crippen LogP contribution in [0.15, 0.2) is 0 Å². The van der Waals surface area contributed by atoms with Crippen molar-refractivity contribution >= 4 is 11.8 Å². The van der Waals surface area contributed by atoms with E-state index in [4.69, 9.17) is 6.42 Å². The minimum atomic E-state index is -0.738. The molecular weight excluding hydrogens is 216 g/mol. The Morgan fingerprint density at radius 1 is 1.47 bits per heavy atom. The van der Waals surface area contributed by atoms with Crippen LogP contribution < -0.4 is 5.32 Å². The Morgan fingerprint density at radius 2 is 2.06 bits per heavy atom. The van der Waals surface area contributed by atoms with Gasteiger partial charge in [0.25, 0.3) is 0 Å². The van der Waals surface area contributed by atoms with E-state index in [1.807, 2.05) is 20.8 Å². The molecule has 1 aliphatic rings. The van der Waals surface area contributed by atoms with Crippen LogP contribution in [0.5, 0.6) is 0 Å². The van der Waals surface area contributed by atoms with E-state index in [1.165, 1.54) is 0 Å². The summed E-state index contributed by atoms with van der Waals surface area (Å²) in [5, 5.41) is 2.82. The smallest absolute Gasteiger partial charge is 0.249 e. The lowest BCUT2D eigenvalue weighted by Gasteiger charge is -2.43. The number of terminal acetylenes is 1. The third-order valence-corrected chi connectivity index (χ3v) is 3.52. The number of carbonyl (C=O) groups is 2. The minimum Gasteiger partial charge on any atom is -0.340 e. The van der Waals surface area contributed by atoms with Gasteiger partial charge in [0, 0.05) is 12.5 Å². The topological polar surface area (TPSA) is 49.4 Å². The predicted molar refractivity (Wildman–Crippen MR) is 66.1 cm³/mol. The second-order valence-electron chi connectivity index (χ2n) is 4.53. The quantitative estimate of drug-likeness (QED) is 0.738. The molecule has 1 unspecified atom stereocenters. The Hall–Kier alpha value is -1.50. The van der Waals surface area contributed by atoms with Gasteiger partial charge >= 0.3 is 0 Å². The van der Waals surface area contributed by atoms with Gasteiger partial charge in [0.15, 0.2) is 0 Å². The zero-order chi connectivity index (χ0) is 13.1. The molecule has 0 bridgehead atoms. The van der Waals surface area contributed by atoms with Crippen molar-refractivity contribution in [3.05, 3.63) is 0 Å². The number of amides is 2. The number of nitrogens with one attached hydrogen (secondary N) is 1. The van der Waals surface area contributed by atoms with E-state index in [-0.39, 0.29) is 24.4 Å². The highest BCUT2D eigenvalue weighted by Crippen LogP contribution is 2.24. The lowest BCUT2D eigenvalue weighted by molar-refractivity contribution is -0.152. The Labute approximate surface area is 103 Å². The maximum Gasteiger partial charge on any atom is 0.249 e. The van der Waals surface area contributed by atoms with Crippen LogP contribution in [0.4, 0.5) is 0 Å². The summed E-state index contributed by atoms with van der Waals surface area (Å²) >= 11 is 0. The van der Waals surface area contributed by atoms with Crippen molar-refractivity contribution in [3.8, 4) is 12.3 Å². The van der Waals surface area contributed by atoms with Crippen molar-refractivity contribution in [2.75, 3.05) is 6.54 Å². The van der Waals surface area contributed by atoms with Crippen molar-refractivity contribution in [2.24, 2.45) is 0 Å². The normalized spacial score (nSPS) is 20.7. The SMILES string of the molecule is C#CCC(C)N1CC(=O)NC(CC)(CC)C1=O. The highest BCUT2D eigenvalue weighted by atomic mass is 16.2. The number of nitrogens with zero attached hydrogens (tertiary/aromatic N) is 1. The predicted octanol–water partition coefficient (Wildman–Crippen LogP) is 0.915. The van der Waals surface area contributed by atoms with Gasteiger partial charge in [0.1, 0.15) is 5.54 Å². The van der Waals surface area contributed by atoms with Crippen molar-refractivity contribution < 1.29 is 9.59 Å². The zero-order valence-corrected chi connectivity index (χ0v) is 10.7. The molecule has 0 aromatic carbocycles. The molecule has 1 fully saturated rings. The second kappa shape index (κ2) is 5.22. The zero-order valence-electron chi connectivity index (χ0n) is 10.7. The van der Waals surface area contributed by atoms with E-state index in [1.54, 1.807) is 4.90 Å². The molecule has 0 spiro atoms. The average molecular weight is 236 g/mol. The maximum absolute atomic E-state index is 12.4. The Kier molecular flexibility index (Phi) is 4.17. The summed E-state index contributed by atoms with van der Waals surface area (Å²) in [5.41, 5.74) is -0.738. The molecular formula is C13H20N2O2. The van der Waals surface area contributed by atoms with E-state index >= 15 is 0 Å². The highest BCUT2D eigenvalue weighted by molar-refractivity contribution is 5.98. The van der Waals surface area contributed by atoms with Crippen molar-refractivity contribution in [2.45, 2.75) is 51.6 Å². The van der Waals surface area contributed by atoms with E-state index in [0.29, 0.717) is 19.3 Å². The van der Waals surface area contributed by atoms with Crippen LogP contribution in [0.2, 0.25) is 0 Å². The molecule has 4 nitrogen and oxygen atoms in total. The first-order valence-corrected chi connectivity index (χ1v) is 6.06. The van der Waals surface area contributed by atoms with Crippen LogP contribution in [-0.2, 0) is 9.59 Å². The van der Waals surface area contributed by atoms with Crippen LogP contribution in [0.25, 0.3) is 0 Å². The highest BCUT2D eigenvalue weighted by Gasteiger charge is 2.45. The maximum atomic E-state index is 12.4. The third-order valence-electron chi connectivity index (χ3n) is 3.52. The molecule has 0 aromatic rings. The Balaban J connectivity index is 2.97. The van der Waals surface area contributed by atoms with Gasteiger partial charge < -0.3 is 10.2 Å². The molecule has 1 aliphatic heterocycles. The molecule has 17 heavy (non-hydrogen) atoms. The minimum absolute atomic E-state index is 0.00940. The molecule has 4 heteroatoms. The van der Waals surface area contributed by atoms with Crippen LogP contribution in [0, 0.1) is 12.3 Å². The summed E-state index contributed by atoms with van der Waals surface area (Å²) < 4.78 is 0. The van der Waals surface area contributed by atoms with E-state index < -0.39 is 5.54 Å². The lowest BCUT2D eigenvalue weighted by atomic mass is 9.88. The van der Waals surface area contributed by atoms with E-state index in [9.17, 15) is 9.59 Å². The summed E-state index contributed by atoms with van der Waals surface area (Å²) in [4.78, 5) is 25.7. The molecule has 1 N–H and O–H groups in total. The van der Waals surface area contributed by atoms with Crippen LogP contribution >= 0.6 is 0 Å². The summed E-state index contributed by atoms with van der Waals surface area (Å²) in [5.74, 6) is 2.43. The molecule has 2 amide bonds. The molecule has 0 aliphatic carbocycles. The standard InChI is InChI=1S/C13H20N2O2/c1-5-8-10(4)15-9-11(16)14-13(6-2,7-3)12(15)17/h1,10H,6-9H2,2-4H3,(H,14,16). The Bertz CT molecular complexity index is 353. The van der Waals surface area contributed by atoms with E-state index in [2.05, 4.69) is 11.2 Å². The fraction of sp³-hybridized carbons (Fsp3) is 0.692. The fourth-order valence-electron chi connectivity index (χ4n) is 2.23. The number of carbonyl (C=O) groups excluding carboxylic acids is 2. The van der Waals surface area contributed by atoms with Gasteiger partial charge in [0.05, 0.1) is 6.54 Å². The van der Waals surface area contributed by atoms with Crippen LogP contribution in [0.3, 0.4) is 0 Å². The summed E-state index contributed by atoms with van der Waals surface area (Å²) in [6.45, 7) is 5.82. The lowest BCUT2D eigenvalue weighted by Crippen LogP contribution is -2.67. The van der Waals surface area contributed by atoms with Gasteiger partial charge in [-0.25, -0.2) is 0 Å². The molecule has 1 rings (SSSR count). The largest absolute Gasteiger partial charge is 0.340 e. The van der Waals surface area contributed by atoms with Crippen molar-refractivity contribution in [1.29, 1.82) is 0 Å². The monoisotopic (exact) mass is 236 g/mol. The van der Waals surface area contributed by atoms with Gasteiger partial charge in [-0.2, -0.15) is 0 Å². The number of hydrogen-bond donors (Lipinski definition) is 1. The number of piperazine rings is 1. The van der Waals surface area contributed by atoms with E-state index in [0.717, 1.165) is 0 Å². The fourth-order valence-corrected chi connectivity index (χ4v) is 2.23. The first kappa shape index (κ1) is 13.6. The molecule has 0 radical (unpaired) electrons. The van der Waals surface area contributed by atoms with Crippen molar-refractivity contribution in [3.63, 3.8) is 0 Å². The number of hydrogen-bond acceptors (Lipinski definition) is 2. The summed E-state index contributed by atoms with van der Waals surface area (Å²) in [6, 6.07) is -0.0870. The molecule has 0 aromatic heterocycles. The molecule has 1 saturated heterocycles. The molecule has 94 valence electrons. The third kappa shape index (κ3) is 2.44. The first-order valence-electron chi connectivity index (χ1n) is 6.06. The summed E-state index contributed by atoms with van der Waals surface area (Å²) in [6.07, 6.45) is 6.94. The van der Waals surface area contributed by atoms with Gasteiger partial charge in [-0.15, -0.1) is 12.3 Å². The first-order chi connectivity index (χ1) is 8.00. The second-order valence-corrected chi connectivity index (χ2v) is 4.53. The molecule has 0 saturated carbocycles. The van der Waals surface area contributed by atoms with Crippen LogP contribution in [-0.4, -0.2) is 34.8 Å². The molecule has 1 atom stereocenters. The number of rotatable bonds is 4. The summed E-state index contributed by atoms with van der Waals surface area (Å²) in [7, 11) is 0. The van der Waals surface area contributed by atoms with Gasteiger partial charge in [-0.3, -0.25) is 9.59 Å². The van der Waals surface area contributed by atoms with Gasteiger partial charge in [0.2, 0.25) is 11.8 Å². The van der Waals surface area contributed by atoms with Gasteiger partial charge in [-0.1, -0.05) is 13.8 Å².